The number of hydrogen-bond acceptors (Lipinski definition) is 6. The molecule has 8 nitrogen and oxygen atoms in total. The minimum absolute atomic E-state index is 0.0237. The summed E-state index contributed by atoms with van der Waals surface area (Å²) >= 11 is 6.17. The number of ether oxygens (including phenoxy) is 2. The van der Waals surface area contributed by atoms with E-state index in [-0.39, 0.29) is 23.6 Å². The maximum absolute atomic E-state index is 13.0. The fraction of sp³-hybridized carbons (Fsp3) is 0.0800. The van der Waals surface area contributed by atoms with E-state index in [0.29, 0.717) is 22.1 Å². The number of amides is 4. The SMILES string of the molecule is COc1cc(/C=C2\C(=O)NC(=O)N(c3ccc(O)cc3)C2=O)ccc1OCc1ccccc1Cl. The van der Waals surface area contributed by atoms with Crippen molar-refractivity contribution in [1.82, 2.24) is 5.32 Å². The molecular weight excluding hydrogens is 460 g/mol. The highest BCUT2D eigenvalue weighted by Crippen LogP contribution is 2.31. The molecule has 34 heavy (non-hydrogen) atoms. The van der Waals surface area contributed by atoms with Gasteiger partial charge in [-0.25, -0.2) is 9.69 Å². The van der Waals surface area contributed by atoms with Crippen molar-refractivity contribution in [3.8, 4) is 17.2 Å². The lowest BCUT2D eigenvalue weighted by atomic mass is 10.1. The van der Waals surface area contributed by atoms with Gasteiger partial charge in [0.1, 0.15) is 17.9 Å². The summed E-state index contributed by atoms with van der Waals surface area (Å²) in [4.78, 5) is 38.5. The number of nitrogens with zero attached hydrogens (tertiary/aromatic N) is 1. The number of nitrogens with one attached hydrogen (secondary N) is 1. The quantitative estimate of drug-likeness (QED) is 0.404. The van der Waals surface area contributed by atoms with Crippen LogP contribution in [0.3, 0.4) is 0 Å². The molecule has 0 atom stereocenters. The van der Waals surface area contributed by atoms with Crippen molar-refractivity contribution < 1.29 is 29.0 Å². The van der Waals surface area contributed by atoms with E-state index < -0.39 is 17.8 Å². The second-order valence-electron chi connectivity index (χ2n) is 7.26. The van der Waals surface area contributed by atoms with Gasteiger partial charge in [0, 0.05) is 10.6 Å². The summed E-state index contributed by atoms with van der Waals surface area (Å²) in [6.45, 7) is 0.223. The van der Waals surface area contributed by atoms with Crippen LogP contribution in [0.1, 0.15) is 11.1 Å². The number of phenolic OH excluding ortho intramolecular Hbond substituents is 1. The molecule has 3 aromatic carbocycles. The lowest BCUT2D eigenvalue weighted by Crippen LogP contribution is -2.54. The van der Waals surface area contributed by atoms with Crippen molar-refractivity contribution in [2.45, 2.75) is 6.61 Å². The molecular formula is C25H19ClN2O6. The summed E-state index contributed by atoms with van der Waals surface area (Å²) in [5.41, 5.74) is 1.26. The number of anilines is 1. The van der Waals surface area contributed by atoms with E-state index in [2.05, 4.69) is 5.32 Å². The Morgan fingerprint density at radius 2 is 1.74 bits per heavy atom. The minimum Gasteiger partial charge on any atom is -0.508 e. The van der Waals surface area contributed by atoms with E-state index in [1.54, 1.807) is 24.3 Å². The minimum atomic E-state index is -0.876. The number of hydrogen-bond donors (Lipinski definition) is 2. The summed E-state index contributed by atoms with van der Waals surface area (Å²) in [5, 5.41) is 12.2. The van der Waals surface area contributed by atoms with Crippen LogP contribution in [0.2, 0.25) is 5.02 Å². The van der Waals surface area contributed by atoms with Crippen LogP contribution in [-0.2, 0) is 16.2 Å². The van der Waals surface area contributed by atoms with Crippen LogP contribution in [0, 0.1) is 0 Å². The predicted molar refractivity (Wildman–Crippen MR) is 126 cm³/mol. The van der Waals surface area contributed by atoms with Crippen LogP contribution in [0.5, 0.6) is 17.2 Å². The largest absolute Gasteiger partial charge is 0.508 e. The van der Waals surface area contributed by atoms with Crippen molar-refractivity contribution in [2.75, 3.05) is 12.0 Å². The zero-order valence-electron chi connectivity index (χ0n) is 17.9. The second kappa shape index (κ2) is 9.68. The zero-order valence-corrected chi connectivity index (χ0v) is 18.7. The van der Waals surface area contributed by atoms with Crippen LogP contribution in [0.4, 0.5) is 10.5 Å². The second-order valence-corrected chi connectivity index (χ2v) is 7.67. The van der Waals surface area contributed by atoms with Gasteiger partial charge in [-0.05, 0) is 54.1 Å². The van der Waals surface area contributed by atoms with Gasteiger partial charge in [-0.1, -0.05) is 35.9 Å². The van der Waals surface area contributed by atoms with Crippen LogP contribution in [0.25, 0.3) is 6.08 Å². The number of imide groups is 2. The maximum atomic E-state index is 13.0. The molecule has 4 rings (SSSR count). The maximum Gasteiger partial charge on any atom is 0.335 e. The van der Waals surface area contributed by atoms with E-state index in [9.17, 15) is 19.5 Å². The van der Waals surface area contributed by atoms with Gasteiger partial charge in [-0.2, -0.15) is 0 Å². The third-order valence-corrected chi connectivity index (χ3v) is 5.42. The standard InChI is InChI=1S/C25H19ClN2O6/c1-33-22-13-15(6-11-21(22)34-14-16-4-2-3-5-20(16)26)12-19-23(30)27-25(32)28(24(19)31)17-7-9-18(29)10-8-17/h2-13,29H,14H2,1H3,(H,27,30,32)/b19-12+. The third kappa shape index (κ3) is 4.72. The van der Waals surface area contributed by atoms with Gasteiger partial charge in [-0.15, -0.1) is 0 Å². The van der Waals surface area contributed by atoms with Crippen molar-refractivity contribution in [1.29, 1.82) is 0 Å². The molecule has 172 valence electrons. The molecule has 3 aromatic rings. The Morgan fingerprint density at radius 1 is 1.00 bits per heavy atom. The Labute approximate surface area is 200 Å². The molecule has 1 saturated heterocycles. The molecule has 0 spiro atoms. The molecule has 1 aliphatic heterocycles. The van der Waals surface area contributed by atoms with Crippen molar-refractivity contribution in [3.63, 3.8) is 0 Å². The van der Waals surface area contributed by atoms with Crippen molar-refractivity contribution >= 4 is 41.2 Å². The number of barbiturate groups is 1. The molecule has 0 saturated carbocycles. The van der Waals surface area contributed by atoms with Gasteiger partial charge in [0.25, 0.3) is 11.8 Å². The normalized spacial score (nSPS) is 14.8. The molecule has 9 heteroatoms. The first-order valence-corrected chi connectivity index (χ1v) is 10.5. The molecule has 1 aliphatic rings. The van der Waals surface area contributed by atoms with Crippen LogP contribution in [-0.4, -0.2) is 30.1 Å². The Hall–Kier alpha value is -4.30. The predicted octanol–water partition coefficient (Wildman–Crippen LogP) is 4.30. The van der Waals surface area contributed by atoms with Crippen molar-refractivity contribution in [3.05, 3.63) is 88.5 Å². The molecule has 4 amide bonds. The highest BCUT2D eigenvalue weighted by atomic mass is 35.5. The average Bonchev–Trinajstić information content (AvgIpc) is 2.82. The first-order valence-electron chi connectivity index (χ1n) is 10.1. The fourth-order valence-electron chi connectivity index (χ4n) is 3.32. The molecule has 1 heterocycles. The average molecular weight is 479 g/mol. The van der Waals surface area contributed by atoms with E-state index in [4.69, 9.17) is 21.1 Å². The Bertz CT molecular complexity index is 1300. The van der Waals surface area contributed by atoms with E-state index in [1.165, 1.54) is 37.5 Å². The lowest BCUT2D eigenvalue weighted by Gasteiger charge is -2.26. The summed E-state index contributed by atoms with van der Waals surface area (Å²) in [5.74, 6) is -0.800. The number of urea groups is 1. The van der Waals surface area contributed by atoms with Gasteiger partial charge in [0.2, 0.25) is 0 Å². The highest BCUT2D eigenvalue weighted by molar-refractivity contribution is 6.39. The molecule has 0 radical (unpaired) electrons. The van der Waals surface area contributed by atoms with Gasteiger partial charge in [0.15, 0.2) is 11.5 Å². The summed E-state index contributed by atoms with van der Waals surface area (Å²) in [6.07, 6.45) is 1.36. The number of phenols is 1. The Balaban J connectivity index is 1.60. The lowest BCUT2D eigenvalue weighted by molar-refractivity contribution is -0.122. The monoisotopic (exact) mass is 478 g/mol. The van der Waals surface area contributed by atoms with E-state index >= 15 is 0 Å². The molecule has 0 unspecified atom stereocenters. The molecule has 0 aliphatic carbocycles. The number of aromatic hydroxyl groups is 1. The number of halogens is 1. The van der Waals surface area contributed by atoms with Gasteiger partial charge >= 0.3 is 6.03 Å². The van der Waals surface area contributed by atoms with E-state index in [1.807, 2.05) is 18.2 Å². The van der Waals surface area contributed by atoms with Gasteiger partial charge in [-0.3, -0.25) is 14.9 Å². The number of rotatable bonds is 6. The van der Waals surface area contributed by atoms with Crippen LogP contribution >= 0.6 is 11.6 Å². The molecule has 2 N–H and O–H groups in total. The Morgan fingerprint density at radius 3 is 2.44 bits per heavy atom. The first-order chi connectivity index (χ1) is 16.4. The van der Waals surface area contributed by atoms with E-state index in [0.717, 1.165) is 10.5 Å². The van der Waals surface area contributed by atoms with Crippen LogP contribution < -0.4 is 19.7 Å². The van der Waals surface area contributed by atoms with Crippen LogP contribution in [0.15, 0.2) is 72.3 Å². The first kappa shape index (κ1) is 22.9. The summed E-state index contributed by atoms with van der Waals surface area (Å²) in [7, 11) is 1.47. The van der Waals surface area contributed by atoms with Gasteiger partial charge < -0.3 is 14.6 Å². The summed E-state index contributed by atoms with van der Waals surface area (Å²) < 4.78 is 11.2. The zero-order chi connectivity index (χ0) is 24.2. The highest BCUT2D eigenvalue weighted by Gasteiger charge is 2.36. The number of carbonyl (C=O) groups is 3. The number of carbonyl (C=O) groups excluding carboxylic acids is 3. The third-order valence-electron chi connectivity index (χ3n) is 5.05. The van der Waals surface area contributed by atoms with Gasteiger partial charge in [0.05, 0.1) is 12.8 Å². The number of methoxy groups -OCH3 is 1. The summed E-state index contributed by atoms with van der Waals surface area (Å²) in [6, 6.07) is 16.8. The number of benzene rings is 3. The Kier molecular flexibility index (Phi) is 6.51. The molecule has 0 bridgehead atoms. The topological polar surface area (TPSA) is 105 Å². The van der Waals surface area contributed by atoms with Crippen molar-refractivity contribution in [2.24, 2.45) is 0 Å². The molecule has 1 fully saturated rings. The molecule has 0 aromatic heterocycles. The smallest absolute Gasteiger partial charge is 0.335 e. The fourth-order valence-corrected chi connectivity index (χ4v) is 3.51.